The van der Waals surface area contributed by atoms with Crippen LogP contribution in [0.3, 0.4) is 0 Å². The third kappa shape index (κ3) is 2.17. The van der Waals surface area contributed by atoms with Crippen molar-refractivity contribution in [2.75, 3.05) is 6.61 Å². The van der Waals surface area contributed by atoms with Gasteiger partial charge in [-0.15, -0.1) is 0 Å². The van der Waals surface area contributed by atoms with E-state index < -0.39 is 6.16 Å². The van der Waals surface area contributed by atoms with Crippen molar-refractivity contribution in [1.29, 1.82) is 0 Å². The molecule has 0 N–H and O–H groups in total. The summed E-state index contributed by atoms with van der Waals surface area (Å²) >= 11 is 5.71. The Morgan fingerprint density at radius 1 is 1.64 bits per heavy atom. The van der Waals surface area contributed by atoms with E-state index in [1.807, 2.05) is 0 Å². The van der Waals surface area contributed by atoms with Crippen LogP contribution in [-0.2, 0) is 11.8 Å². The van der Waals surface area contributed by atoms with Crippen LogP contribution < -0.4 is 4.74 Å². The first kappa shape index (κ1) is 10.8. The number of hydrogen-bond acceptors (Lipinski definition) is 4. The molecule has 78 valence electrons. The molecular formula is C8H11ClN2O3. The second-order valence-corrected chi connectivity index (χ2v) is 2.95. The lowest BCUT2D eigenvalue weighted by Gasteiger charge is -2.01. The molecule has 0 amide bonds. The molecule has 0 fully saturated rings. The zero-order valence-electron chi connectivity index (χ0n) is 8.20. The highest BCUT2D eigenvalue weighted by Crippen LogP contribution is 2.20. The van der Waals surface area contributed by atoms with E-state index in [0.29, 0.717) is 5.69 Å². The number of ether oxygens (including phenoxy) is 2. The topological polar surface area (TPSA) is 53.4 Å². The maximum absolute atomic E-state index is 10.9. The number of carbonyl (C=O) groups excluding carboxylic acids is 1. The van der Waals surface area contributed by atoms with Crippen LogP contribution in [0, 0.1) is 6.92 Å². The highest BCUT2D eigenvalue weighted by Gasteiger charge is 2.14. The minimum Gasteiger partial charge on any atom is -0.434 e. The molecule has 0 unspecified atom stereocenters. The first-order valence-corrected chi connectivity index (χ1v) is 4.47. The van der Waals surface area contributed by atoms with Crippen LogP contribution in [0.1, 0.15) is 12.6 Å². The van der Waals surface area contributed by atoms with Gasteiger partial charge < -0.3 is 14.0 Å². The van der Waals surface area contributed by atoms with Gasteiger partial charge in [0.2, 0.25) is 11.2 Å². The van der Waals surface area contributed by atoms with Crippen molar-refractivity contribution in [3.63, 3.8) is 0 Å². The molecule has 0 bridgehead atoms. The molecule has 0 aromatic carbocycles. The molecule has 6 heteroatoms. The van der Waals surface area contributed by atoms with Gasteiger partial charge in [-0.1, -0.05) is 0 Å². The highest BCUT2D eigenvalue weighted by atomic mass is 35.5. The van der Waals surface area contributed by atoms with Gasteiger partial charge in [0.15, 0.2) is 0 Å². The second kappa shape index (κ2) is 4.32. The van der Waals surface area contributed by atoms with Crippen molar-refractivity contribution in [3.05, 3.63) is 11.0 Å². The van der Waals surface area contributed by atoms with Gasteiger partial charge in [0, 0.05) is 7.05 Å². The van der Waals surface area contributed by atoms with Crippen LogP contribution >= 0.6 is 11.6 Å². The number of carbonyl (C=O) groups is 1. The minimum atomic E-state index is -0.773. The molecular weight excluding hydrogens is 208 g/mol. The van der Waals surface area contributed by atoms with Crippen LogP contribution in [0.15, 0.2) is 0 Å². The molecule has 1 heterocycles. The molecule has 0 aliphatic rings. The molecule has 0 spiro atoms. The third-order valence-electron chi connectivity index (χ3n) is 1.73. The predicted octanol–water partition coefficient (Wildman–Crippen LogP) is 1.92. The Labute approximate surface area is 86.6 Å². The van der Waals surface area contributed by atoms with Gasteiger partial charge in [-0.3, -0.25) is 0 Å². The van der Waals surface area contributed by atoms with Gasteiger partial charge in [-0.05, 0) is 25.4 Å². The molecule has 5 nitrogen and oxygen atoms in total. The largest absolute Gasteiger partial charge is 0.515 e. The summed E-state index contributed by atoms with van der Waals surface area (Å²) in [6, 6.07) is 0. The second-order valence-electron chi connectivity index (χ2n) is 2.62. The summed E-state index contributed by atoms with van der Waals surface area (Å²) in [5.74, 6) is 0.177. The number of rotatable bonds is 2. The SMILES string of the molecule is CCOC(=O)Oc1nc(Cl)n(C)c1C. The average Bonchev–Trinajstić information content (AvgIpc) is 2.34. The monoisotopic (exact) mass is 218 g/mol. The van der Waals surface area contributed by atoms with E-state index in [1.165, 1.54) is 0 Å². The van der Waals surface area contributed by atoms with Gasteiger partial charge in [-0.2, -0.15) is 4.98 Å². The Morgan fingerprint density at radius 3 is 2.71 bits per heavy atom. The van der Waals surface area contributed by atoms with E-state index in [0.717, 1.165) is 0 Å². The predicted molar refractivity (Wildman–Crippen MR) is 50.6 cm³/mol. The fourth-order valence-corrected chi connectivity index (χ4v) is 1.05. The Balaban J connectivity index is 2.77. The van der Waals surface area contributed by atoms with Crippen LogP contribution in [0.5, 0.6) is 5.88 Å². The summed E-state index contributed by atoms with van der Waals surface area (Å²) in [5.41, 5.74) is 0.669. The van der Waals surface area contributed by atoms with E-state index in [1.54, 1.807) is 25.5 Å². The van der Waals surface area contributed by atoms with Crippen molar-refractivity contribution >= 4 is 17.8 Å². The molecule has 0 aliphatic carbocycles. The zero-order valence-corrected chi connectivity index (χ0v) is 8.96. The summed E-state index contributed by atoms with van der Waals surface area (Å²) in [6.07, 6.45) is -0.773. The van der Waals surface area contributed by atoms with E-state index in [-0.39, 0.29) is 17.8 Å². The molecule has 1 rings (SSSR count). The smallest absolute Gasteiger partial charge is 0.434 e. The first-order valence-electron chi connectivity index (χ1n) is 4.09. The Kier molecular flexibility index (Phi) is 3.35. The molecule has 0 saturated carbocycles. The molecule has 0 aliphatic heterocycles. The minimum absolute atomic E-state index is 0.177. The summed E-state index contributed by atoms with van der Waals surface area (Å²) < 4.78 is 11.0. The Morgan fingerprint density at radius 2 is 2.29 bits per heavy atom. The van der Waals surface area contributed by atoms with Crippen molar-refractivity contribution in [2.45, 2.75) is 13.8 Å². The van der Waals surface area contributed by atoms with E-state index in [4.69, 9.17) is 16.3 Å². The van der Waals surface area contributed by atoms with E-state index in [9.17, 15) is 4.79 Å². The van der Waals surface area contributed by atoms with Crippen molar-refractivity contribution < 1.29 is 14.3 Å². The highest BCUT2D eigenvalue weighted by molar-refractivity contribution is 6.28. The molecule has 14 heavy (non-hydrogen) atoms. The van der Waals surface area contributed by atoms with Crippen molar-refractivity contribution in [2.24, 2.45) is 7.05 Å². The molecule has 0 radical (unpaired) electrons. The summed E-state index contributed by atoms with van der Waals surface area (Å²) in [6.45, 7) is 3.70. The van der Waals surface area contributed by atoms with Gasteiger partial charge in [-0.25, -0.2) is 4.79 Å². The molecule has 0 atom stereocenters. The number of nitrogens with zero attached hydrogens (tertiary/aromatic N) is 2. The van der Waals surface area contributed by atoms with Crippen LogP contribution in [0.4, 0.5) is 4.79 Å². The van der Waals surface area contributed by atoms with Crippen molar-refractivity contribution in [3.8, 4) is 5.88 Å². The van der Waals surface area contributed by atoms with Gasteiger partial charge >= 0.3 is 6.16 Å². The molecule has 1 aromatic heterocycles. The van der Waals surface area contributed by atoms with Gasteiger partial charge in [0.25, 0.3) is 0 Å². The molecule has 0 saturated heterocycles. The summed E-state index contributed by atoms with van der Waals surface area (Å²) in [4.78, 5) is 14.8. The summed E-state index contributed by atoms with van der Waals surface area (Å²) in [7, 11) is 1.72. The van der Waals surface area contributed by atoms with Gasteiger partial charge in [0.05, 0.1) is 12.3 Å². The van der Waals surface area contributed by atoms with E-state index >= 15 is 0 Å². The number of aromatic nitrogens is 2. The maximum atomic E-state index is 10.9. The number of imidazole rings is 1. The van der Waals surface area contributed by atoms with Crippen LogP contribution in [0.25, 0.3) is 0 Å². The standard InChI is InChI=1S/C8H11ClN2O3/c1-4-13-8(12)14-6-5(2)11(3)7(9)10-6/h4H2,1-3H3. The number of hydrogen-bond donors (Lipinski definition) is 0. The average molecular weight is 219 g/mol. The molecule has 1 aromatic rings. The van der Waals surface area contributed by atoms with Crippen LogP contribution in [-0.4, -0.2) is 22.3 Å². The third-order valence-corrected chi connectivity index (χ3v) is 2.06. The Bertz CT molecular complexity index is 349. The lowest BCUT2D eigenvalue weighted by molar-refractivity contribution is 0.102. The zero-order chi connectivity index (χ0) is 10.7. The van der Waals surface area contributed by atoms with Gasteiger partial charge in [0.1, 0.15) is 0 Å². The normalized spacial score (nSPS) is 10.0. The van der Waals surface area contributed by atoms with E-state index in [2.05, 4.69) is 9.72 Å². The van der Waals surface area contributed by atoms with Crippen LogP contribution in [0.2, 0.25) is 5.28 Å². The lowest BCUT2D eigenvalue weighted by Crippen LogP contribution is -2.11. The fraction of sp³-hybridized carbons (Fsp3) is 0.500. The fourth-order valence-electron chi connectivity index (χ4n) is 0.844. The van der Waals surface area contributed by atoms with Crippen molar-refractivity contribution in [1.82, 2.24) is 9.55 Å². The Hall–Kier alpha value is -1.23. The quantitative estimate of drug-likeness (QED) is 0.712. The number of halogens is 1. The lowest BCUT2D eigenvalue weighted by atomic mass is 10.5. The maximum Gasteiger partial charge on any atom is 0.515 e. The first-order chi connectivity index (χ1) is 6.56. The summed E-state index contributed by atoms with van der Waals surface area (Å²) in [5, 5.41) is 0.266.